The zero-order chi connectivity index (χ0) is 4.12. The number of hydrogen-bond acceptors (Lipinski definition) is 1. The molecule has 3 heteroatoms. The topological polar surface area (TPSA) is 29.1 Å². The molecule has 1 amide bonds. The predicted octanol–water partition coefficient (Wildman–Crippen LogP) is -0.00440. The quantitative estimate of drug-likeness (QED) is 0.324. The highest BCUT2D eigenvalue weighted by atomic mass is 79.9. The molecule has 0 atom stereocenters. The van der Waals surface area contributed by atoms with Crippen LogP contribution in [0.15, 0.2) is 0 Å². The minimum absolute atomic E-state index is 0.483. The molecule has 0 aromatic rings. The van der Waals surface area contributed by atoms with E-state index >= 15 is 0 Å². The Labute approximate surface area is 38.7 Å². The molecule has 29 valence electrons. The van der Waals surface area contributed by atoms with Crippen LogP contribution < -0.4 is 5.32 Å². The van der Waals surface area contributed by atoms with Crippen molar-refractivity contribution >= 4 is 22.3 Å². The molecule has 0 bridgehead atoms. The van der Waals surface area contributed by atoms with Crippen LogP contribution >= 0.6 is 15.9 Å². The van der Waals surface area contributed by atoms with Crippen LogP contribution in [0.1, 0.15) is 0 Å². The zero-order valence-electron chi connectivity index (χ0n) is 2.49. The van der Waals surface area contributed by atoms with Crippen LogP contribution in [-0.2, 0) is 4.79 Å². The van der Waals surface area contributed by atoms with Gasteiger partial charge >= 0.3 is 6.41 Å². The molecule has 0 saturated heterocycles. The lowest BCUT2D eigenvalue weighted by atomic mass is 11.2. The predicted molar refractivity (Wildman–Crippen MR) is 22.6 cm³/mol. The van der Waals surface area contributed by atoms with Gasteiger partial charge in [-0.05, 0) is 0 Å². The molecule has 1 radical (unpaired) electrons. The summed E-state index contributed by atoms with van der Waals surface area (Å²) in [5.74, 6) is 0. The summed E-state index contributed by atoms with van der Waals surface area (Å²) in [5.41, 5.74) is 0.483. The maximum Gasteiger partial charge on any atom is 0.309 e. The number of hydrogen-bond donors (Lipinski definition) is 1. The third kappa shape index (κ3) is 3.95. The van der Waals surface area contributed by atoms with Gasteiger partial charge in [-0.2, -0.15) is 0 Å². The summed E-state index contributed by atoms with van der Waals surface area (Å²) in [6.07, 6.45) is 1.47. The fraction of sp³-hybridized carbons (Fsp3) is 0.500. The zero-order valence-corrected chi connectivity index (χ0v) is 4.08. The van der Waals surface area contributed by atoms with Crippen molar-refractivity contribution in [1.82, 2.24) is 5.32 Å². The molecule has 0 fully saturated rings. The fourth-order valence-electron chi connectivity index (χ4n) is 0.0273. The van der Waals surface area contributed by atoms with E-state index in [4.69, 9.17) is 4.79 Å². The van der Waals surface area contributed by atoms with E-state index in [2.05, 4.69) is 21.2 Å². The molecule has 1 N–H and O–H groups in total. The van der Waals surface area contributed by atoms with Gasteiger partial charge in [0, 0.05) is 0 Å². The average Bonchev–Trinajstić information content (AvgIpc) is 1.41. The van der Waals surface area contributed by atoms with Crippen LogP contribution in [0.3, 0.4) is 0 Å². The second kappa shape index (κ2) is 3.95. The molecule has 0 aliphatic heterocycles. The lowest BCUT2D eigenvalue weighted by Crippen LogP contribution is -2.04. The minimum Gasteiger partial charge on any atom is -0.338 e. The summed E-state index contributed by atoms with van der Waals surface area (Å²) in [7, 11) is 0. The van der Waals surface area contributed by atoms with Crippen molar-refractivity contribution < 1.29 is 4.79 Å². The van der Waals surface area contributed by atoms with E-state index in [9.17, 15) is 0 Å². The van der Waals surface area contributed by atoms with E-state index in [1.807, 2.05) is 0 Å². The van der Waals surface area contributed by atoms with Gasteiger partial charge in [-0.15, -0.1) is 0 Å². The molecule has 2 nitrogen and oxygen atoms in total. The standard InChI is InChI=1S/C2H3BrNO/c3-1-4-2-5/h1H2,(H,4,5). The Kier molecular flexibility index (Phi) is 3.91. The molecule has 0 spiro atoms. The van der Waals surface area contributed by atoms with Crippen molar-refractivity contribution in [3.05, 3.63) is 0 Å². The number of rotatable bonds is 2. The summed E-state index contributed by atoms with van der Waals surface area (Å²) in [4.78, 5) is 9.14. The SMILES string of the molecule is O=[C]NCBr. The lowest BCUT2D eigenvalue weighted by Gasteiger charge is -1.74. The Bertz CT molecular complexity index is 30.8. The summed E-state index contributed by atoms with van der Waals surface area (Å²) in [6.45, 7) is 0. The highest BCUT2D eigenvalue weighted by Crippen LogP contribution is 1.64. The Morgan fingerprint density at radius 2 is 2.60 bits per heavy atom. The van der Waals surface area contributed by atoms with Crippen molar-refractivity contribution in [2.45, 2.75) is 0 Å². The Hall–Kier alpha value is -0.0500. The molecule has 0 aromatic heterocycles. The summed E-state index contributed by atoms with van der Waals surface area (Å²) in [5, 5.41) is 2.22. The van der Waals surface area contributed by atoms with E-state index in [-0.39, 0.29) is 0 Å². The Balaban J connectivity index is 2.40. The van der Waals surface area contributed by atoms with E-state index in [1.54, 1.807) is 0 Å². The largest absolute Gasteiger partial charge is 0.338 e. The minimum atomic E-state index is 0.483. The van der Waals surface area contributed by atoms with E-state index in [1.165, 1.54) is 6.41 Å². The van der Waals surface area contributed by atoms with E-state index in [0.29, 0.717) is 5.45 Å². The van der Waals surface area contributed by atoms with Crippen LogP contribution in [0.2, 0.25) is 0 Å². The van der Waals surface area contributed by atoms with E-state index in [0.717, 1.165) is 0 Å². The van der Waals surface area contributed by atoms with Crippen molar-refractivity contribution in [2.75, 3.05) is 5.45 Å². The molecule has 0 unspecified atom stereocenters. The average molecular weight is 137 g/mol. The highest BCUT2D eigenvalue weighted by Gasteiger charge is 1.64. The number of carbonyl (C=O) groups excluding carboxylic acids is 1. The first-order valence-electron chi connectivity index (χ1n) is 1.07. The second-order valence-electron chi connectivity index (χ2n) is 0.412. The lowest BCUT2D eigenvalue weighted by molar-refractivity contribution is 0.547. The molecule has 0 saturated carbocycles. The molecule has 0 aromatic carbocycles. The number of nitrogens with one attached hydrogen (secondary N) is 1. The van der Waals surface area contributed by atoms with Crippen molar-refractivity contribution in [2.24, 2.45) is 0 Å². The molecular weight excluding hydrogens is 134 g/mol. The summed E-state index contributed by atoms with van der Waals surface area (Å²) < 4.78 is 0. The van der Waals surface area contributed by atoms with Gasteiger partial charge in [0.05, 0.1) is 5.45 Å². The molecule has 0 heterocycles. The van der Waals surface area contributed by atoms with Gasteiger partial charge < -0.3 is 5.32 Å². The van der Waals surface area contributed by atoms with Gasteiger partial charge in [0.25, 0.3) is 0 Å². The van der Waals surface area contributed by atoms with E-state index < -0.39 is 0 Å². The maximum absolute atomic E-state index is 9.14. The van der Waals surface area contributed by atoms with Crippen molar-refractivity contribution in [3.8, 4) is 0 Å². The molecule has 0 aliphatic rings. The highest BCUT2D eigenvalue weighted by molar-refractivity contribution is 9.09. The van der Waals surface area contributed by atoms with Crippen LogP contribution in [0.25, 0.3) is 0 Å². The first-order chi connectivity index (χ1) is 2.41. The first kappa shape index (κ1) is 4.95. The van der Waals surface area contributed by atoms with Crippen LogP contribution in [0.4, 0.5) is 0 Å². The van der Waals surface area contributed by atoms with Crippen LogP contribution in [-0.4, -0.2) is 11.9 Å². The van der Waals surface area contributed by atoms with Gasteiger partial charge in [-0.1, -0.05) is 15.9 Å². The summed E-state index contributed by atoms with van der Waals surface area (Å²) >= 11 is 2.94. The van der Waals surface area contributed by atoms with Gasteiger partial charge in [-0.3, -0.25) is 4.79 Å². The maximum atomic E-state index is 9.14. The van der Waals surface area contributed by atoms with Gasteiger partial charge in [0.1, 0.15) is 0 Å². The number of alkyl halides is 1. The van der Waals surface area contributed by atoms with Gasteiger partial charge in [0.2, 0.25) is 0 Å². The van der Waals surface area contributed by atoms with Crippen molar-refractivity contribution in [1.29, 1.82) is 0 Å². The normalized spacial score (nSPS) is 6.60. The fourth-order valence-corrected chi connectivity index (χ4v) is 0.142. The first-order valence-corrected chi connectivity index (χ1v) is 2.20. The Morgan fingerprint density at radius 3 is 2.60 bits per heavy atom. The molecule has 0 aliphatic carbocycles. The number of amides is 1. The molecular formula is C2H3BrNO. The molecule has 5 heavy (non-hydrogen) atoms. The van der Waals surface area contributed by atoms with Crippen molar-refractivity contribution in [3.63, 3.8) is 0 Å². The smallest absolute Gasteiger partial charge is 0.309 e. The third-order valence-electron chi connectivity index (χ3n) is 0.139. The monoisotopic (exact) mass is 136 g/mol. The molecule has 0 rings (SSSR count). The number of halogens is 1. The van der Waals surface area contributed by atoms with Gasteiger partial charge in [0.15, 0.2) is 0 Å². The third-order valence-corrected chi connectivity index (χ3v) is 0.419. The van der Waals surface area contributed by atoms with Crippen LogP contribution in [0, 0.1) is 0 Å². The van der Waals surface area contributed by atoms with Gasteiger partial charge in [-0.25, -0.2) is 0 Å². The summed E-state index contributed by atoms with van der Waals surface area (Å²) in [6, 6.07) is 0. The Morgan fingerprint density at radius 1 is 2.00 bits per heavy atom. The van der Waals surface area contributed by atoms with Crippen LogP contribution in [0.5, 0.6) is 0 Å². The second-order valence-corrected chi connectivity index (χ2v) is 0.973.